The topological polar surface area (TPSA) is 177 Å². The highest BCUT2D eigenvalue weighted by Crippen LogP contribution is 2.74. The Morgan fingerprint density at radius 1 is 0.800 bits per heavy atom. The molecule has 4 aliphatic carbocycles. The third kappa shape index (κ3) is 6.84. The van der Waals surface area contributed by atoms with Gasteiger partial charge in [-0.25, -0.2) is 0 Å². The van der Waals surface area contributed by atoms with Crippen LogP contribution >= 0.6 is 0 Å². The van der Waals surface area contributed by atoms with Gasteiger partial charge in [0.05, 0.1) is 24.9 Å². The first-order valence-electron chi connectivity index (χ1n) is 21.0. The number of methoxy groups -OCH3 is 1. The molecule has 0 amide bonds. The van der Waals surface area contributed by atoms with Crippen molar-refractivity contribution in [3.8, 4) is 0 Å². The summed E-state index contributed by atoms with van der Waals surface area (Å²) in [7, 11) is 1.79. The third-order valence-electron chi connectivity index (χ3n) is 16.5. The Bertz CT molecular complexity index is 1450. The van der Waals surface area contributed by atoms with Gasteiger partial charge in [-0.3, -0.25) is 0 Å². The van der Waals surface area contributed by atoms with E-state index in [-0.39, 0.29) is 46.8 Å². The summed E-state index contributed by atoms with van der Waals surface area (Å²) in [6.45, 7) is 17.6. The van der Waals surface area contributed by atoms with Crippen LogP contribution in [0, 0.1) is 45.3 Å². The number of aliphatic hydroxyl groups is 6. The summed E-state index contributed by atoms with van der Waals surface area (Å²) in [6.07, 6.45) is -0.450. The minimum Gasteiger partial charge on any atom is -0.388 e. The van der Waals surface area contributed by atoms with Gasteiger partial charge in [-0.2, -0.15) is 0 Å². The molecule has 3 aliphatic heterocycles. The van der Waals surface area contributed by atoms with E-state index >= 15 is 0 Å². The van der Waals surface area contributed by atoms with Crippen molar-refractivity contribution in [3.05, 3.63) is 23.3 Å². The van der Waals surface area contributed by atoms with Crippen LogP contribution in [0.15, 0.2) is 23.3 Å². The molecule has 0 bridgehead atoms. The minimum absolute atomic E-state index is 0.0597. The number of ether oxygens (including phenoxy) is 6. The van der Waals surface area contributed by atoms with E-state index in [9.17, 15) is 30.6 Å². The molecule has 55 heavy (non-hydrogen) atoms. The fourth-order valence-electron chi connectivity index (χ4n) is 13.1. The molecule has 12 heteroatoms. The van der Waals surface area contributed by atoms with Gasteiger partial charge in [0.15, 0.2) is 18.9 Å². The summed E-state index contributed by atoms with van der Waals surface area (Å²) in [5.41, 5.74) is 2.94. The molecule has 6 N–H and O–H groups in total. The first kappa shape index (κ1) is 42.1. The Morgan fingerprint density at radius 3 is 2.18 bits per heavy atom. The molecule has 0 aromatic rings. The van der Waals surface area contributed by atoms with E-state index < -0.39 is 61.4 Å². The molecule has 6 fully saturated rings. The molecule has 0 aromatic carbocycles. The van der Waals surface area contributed by atoms with Crippen molar-refractivity contribution in [2.75, 3.05) is 13.7 Å². The van der Waals surface area contributed by atoms with Gasteiger partial charge in [0.1, 0.15) is 42.7 Å². The van der Waals surface area contributed by atoms with Crippen LogP contribution in [0.3, 0.4) is 0 Å². The predicted octanol–water partition coefficient (Wildman–Crippen LogP) is 3.97. The van der Waals surface area contributed by atoms with Crippen molar-refractivity contribution < 1.29 is 59.1 Å². The first-order valence-corrected chi connectivity index (χ1v) is 21.0. The number of hydrogen-bond acceptors (Lipinski definition) is 12. The second-order valence-corrected chi connectivity index (χ2v) is 19.9. The maximum Gasteiger partial charge on any atom is 0.186 e. The van der Waals surface area contributed by atoms with E-state index in [2.05, 4.69) is 60.6 Å². The molecule has 314 valence electrons. The van der Waals surface area contributed by atoms with Crippen molar-refractivity contribution in [1.29, 1.82) is 0 Å². The van der Waals surface area contributed by atoms with Gasteiger partial charge < -0.3 is 59.1 Å². The van der Waals surface area contributed by atoms with Crippen LogP contribution in [-0.4, -0.2) is 124 Å². The number of allylic oxidation sites excluding steroid dienone is 3. The Morgan fingerprint density at radius 2 is 1.49 bits per heavy atom. The van der Waals surface area contributed by atoms with E-state index in [1.807, 2.05) is 0 Å². The average molecular weight is 779 g/mol. The van der Waals surface area contributed by atoms with Gasteiger partial charge >= 0.3 is 0 Å². The monoisotopic (exact) mass is 778 g/mol. The van der Waals surface area contributed by atoms with Gasteiger partial charge in [0.25, 0.3) is 0 Å². The van der Waals surface area contributed by atoms with E-state index in [4.69, 9.17) is 28.4 Å². The molecule has 20 atom stereocenters. The lowest BCUT2D eigenvalue weighted by Gasteiger charge is -2.65. The van der Waals surface area contributed by atoms with Gasteiger partial charge in [-0.15, -0.1) is 0 Å². The van der Waals surface area contributed by atoms with Crippen molar-refractivity contribution in [2.24, 2.45) is 45.3 Å². The molecular formula is C43H70O12. The third-order valence-corrected chi connectivity index (χ3v) is 16.5. The molecule has 0 unspecified atom stereocenters. The highest BCUT2D eigenvalue weighted by molar-refractivity contribution is 5.33. The molecular weight excluding hydrogens is 708 g/mol. The lowest BCUT2D eigenvalue weighted by Crippen LogP contribution is -2.63. The zero-order valence-electron chi connectivity index (χ0n) is 34.5. The summed E-state index contributed by atoms with van der Waals surface area (Å²) in [4.78, 5) is 0. The largest absolute Gasteiger partial charge is 0.388 e. The summed E-state index contributed by atoms with van der Waals surface area (Å²) in [6, 6.07) is 0. The molecule has 3 saturated carbocycles. The number of hydrogen-bond donors (Lipinski definition) is 6. The average Bonchev–Trinajstić information content (AvgIpc) is 3.65. The van der Waals surface area contributed by atoms with Crippen molar-refractivity contribution in [2.45, 2.75) is 187 Å². The quantitative estimate of drug-likeness (QED) is 0.196. The molecule has 12 nitrogen and oxygen atoms in total. The molecule has 7 rings (SSSR count). The zero-order chi connectivity index (χ0) is 40.0. The smallest absolute Gasteiger partial charge is 0.186 e. The Balaban J connectivity index is 1.05. The van der Waals surface area contributed by atoms with Crippen LogP contribution in [0.4, 0.5) is 0 Å². The van der Waals surface area contributed by atoms with E-state index in [1.165, 1.54) is 24.8 Å². The van der Waals surface area contributed by atoms with E-state index in [1.54, 1.807) is 19.6 Å². The Kier molecular flexibility index (Phi) is 11.7. The van der Waals surface area contributed by atoms with Crippen LogP contribution in [0.2, 0.25) is 0 Å². The van der Waals surface area contributed by atoms with Crippen LogP contribution in [0.1, 0.15) is 107 Å². The molecule has 0 radical (unpaired) electrons. The predicted molar refractivity (Wildman–Crippen MR) is 202 cm³/mol. The summed E-state index contributed by atoms with van der Waals surface area (Å²) in [5, 5.41) is 63.5. The normalized spacial score (nSPS) is 53.5. The number of rotatable bonds is 8. The van der Waals surface area contributed by atoms with Crippen molar-refractivity contribution >= 4 is 0 Å². The lowest BCUT2D eigenvalue weighted by atomic mass is 9.41. The highest BCUT2D eigenvalue weighted by Gasteiger charge is 2.67. The summed E-state index contributed by atoms with van der Waals surface area (Å²) >= 11 is 0. The zero-order valence-corrected chi connectivity index (χ0v) is 34.5. The molecule has 3 heterocycles. The minimum atomic E-state index is -1.56. The van der Waals surface area contributed by atoms with Gasteiger partial charge in [-0.1, -0.05) is 57.9 Å². The Hall–Kier alpha value is -1.00. The number of fused-ring (bicyclic) bond motifs is 5. The van der Waals surface area contributed by atoms with E-state index in [0.29, 0.717) is 23.7 Å². The summed E-state index contributed by atoms with van der Waals surface area (Å²) in [5.74, 6) is 1.68. The van der Waals surface area contributed by atoms with Crippen LogP contribution in [0.25, 0.3) is 0 Å². The van der Waals surface area contributed by atoms with Crippen LogP contribution < -0.4 is 0 Å². The van der Waals surface area contributed by atoms with Crippen molar-refractivity contribution in [3.63, 3.8) is 0 Å². The first-order chi connectivity index (χ1) is 25.8. The molecule has 3 saturated heterocycles. The van der Waals surface area contributed by atoms with Gasteiger partial charge in [-0.05, 0) is 112 Å². The second kappa shape index (κ2) is 15.2. The van der Waals surface area contributed by atoms with Crippen LogP contribution in [0.5, 0.6) is 0 Å². The van der Waals surface area contributed by atoms with E-state index in [0.717, 1.165) is 32.1 Å². The van der Waals surface area contributed by atoms with Gasteiger partial charge in [0, 0.05) is 13.0 Å². The maximum atomic E-state index is 11.1. The Labute approximate surface area is 327 Å². The van der Waals surface area contributed by atoms with Crippen molar-refractivity contribution in [1.82, 2.24) is 0 Å². The molecule has 0 aromatic heterocycles. The maximum absolute atomic E-state index is 11.1. The standard InChI is InChI=1S/C43H70O12/c1-21(2)18-23-19-24(37(50-9)53-23)25-12-16-43(8)27-10-11-29-40(4,5)30(14-15-41(29,6)26(27)13-17-42(25,43)7)55-39-36(49)34(47)32(45)28(54-39)20-51-38-35(48)33(46)31(44)22(3)52-38/h10,18,22-26,28-39,44-49H,11-17,19-20H2,1-9H3/t22-,23+,24-,25-,26+,28+,29-,30-,31-,32+,33+,34-,35+,36+,37+,38+,39-,41+,42-,43+/m0/s1. The lowest BCUT2D eigenvalue weighted by molar-refractivity contribution is -0.342. The second-order valence-electron chi connectivity index (χ2n) is 19.9. The number of aliphatic hydroxyl groups excluding tert-OH is 6. The fraction of sp³-hybridized carbons (Fsp3) is 0.907. The highest BCUT2D eigenvalue weighted by atomic mass is 16.7. The summed E-state index contributed by atoms with van der Waals surface area (Å²) < 4.78 is 36.4. The SMILES string of the molecule is CO[C@@H]1O[C@H](C=C(C)C)C[C@H]1[C@@H]1CC[C@]2(C)C3=CC[C@H]4C(C)(C)[C@@H](O[C@@H]5O[C@H](CO[C@@H]6O[C@@H](C)[C@H](O)[C@@H](O)[C@H]6O)[C@@H](O)[C@H](O)[C@H]5O)CC[C@]4(C)[C@@H]3CC[C@@]12C. The fourth-order valence-corrected chi connectivity index (χ4v) is 13.1. The van der Waals surface area contributed by atoms with Crippen LogP contribution in [-0.2, 0) is 28.4 Å². The molecule has 0 spiro atoms. The van der Waals surface area contributed by atoms with Gasteiger partial charge in [0.2, 0.25) is 0 Å². The molecule has 7 aliphatic rings.